The molecule has 4 rings (SSSR count). The number of pyridine rings is 1. The number of nitrogens with zero attached hydrogens (tertiary/aromatic N) is 4. The minimum absolute atomic E-state index is 0.338. The first-order valence-corrected chi connectivity index (χ1v) is 7.97. The second kappa shape index (κ2) is 5.98. The molecule has 8 heteroatoms. The molecule has 0 spiro atoms. The minimum atomic E-state index is 0.338. The van der Waals surface area contributed by atoms with Crippen LogP contribution < -0.4 is 9.47 Å². The summed E-state index contributed by atoms with van der Waals surface area (Å²) in [5, 5.41) is 6.46. The predicted octanol–water partition coefficient (Wildman–Crippen LogP) is 2.31. The number of fused-ring (bicyclic) bond motifs is 1. The Morgan fingerprint density at radius 3 is 3.09 bits per heavy atom. The third-order valence-electron chi connectivity index (χ3n) is 3.32. The van der Waals surface area contributed by atoms with Crippen molar-refractivity contribution in [3.05, 3.63) is 35.7 Å². The molecule has 0 N–H and O–H groups in total. The molecule has 0 radical (unpaired) electrons. The number of rotatable bonds is 4. The van der Waals surface area contributed by atoms with Gasteiger partial charge in [0.15, 0.2) is 23.1 Å². The van der Waals surface area contributed by atoms with Gasteiger partial charge in [-0.25, -0.2) is 9.67 Å². The van der Waals surface area contributed by atoms with Crippen LogP contribution in [0.15, 0.2) is 29.9 Å². The molecule has 0 aromatic carbocycles. The van der Waals surface area contributed by atoms with E-state index in [1.807, 2.05) is 17.5 Å². The number of ether oxygens (including phenoxy) is 3. The molecule has 0 fully saturated rings. The van der Waals surface area contributed by atoms with Gasteiger partial charge in [0.1, 0.15) is 24.7 Å². The van der Waals surface area contributed by atoms with E-state index in [1.54, 1.807) is 24.2 Å². The van der Waals surface area contributed by atoms with Crippen LogP contribution in [0, 0.1) is 0 Å². The lowest BCUT2D eigenvalue weighted by Crippen LogP contribution is -2.14. The van der Waals surface area contributed by atoms with Crippen molar-refractivity contribution >= 4 is 11.3 Å². The molecular weight excluding hydrogens is 316 g/mol. The quantitative estimate of drug-likeness (QED) is 0.731. The van der Waals surface area contributed by atoms with Crippen molar-refractivity contribution in [2.24, 2.45) is 0 Å². The highest BCUT2D eigenvalue weighted by Gasteiger charge is 2.25. The Morgan fingerprint density at radius 1 is 1.35 bits per heavy atom. The van der Waals surface area contributed by atoms with Crippen LogP contribution >= 0.6 is 11.3 Å². The second-order valence-corrected chi connectivity index (χ2v) is 5.74. The summed E-state index contributed by atoms with van der Waals surface area (Å²) in [4.78, 5) is 9.64. The first kappa shape index (κ1) is 14.2. The van der Waals surface area contributed by atoms with E-state index < -0.39 is 0 Å². The topological polar surface area (TPSA) is 71.3 Å². The van der Waals surface area contributed by atoms with Crippen LogP contribution in [0.2, 0.25) is 0 Å². The van der Waals surface area contributed by atoms with Gasteiger partial charge in [0.25, 0.3) is 0 Å². The zero-order chi connectivity index (χ0) is 15.6. The zero-order valence-electron chi connectivity index (χ0n) is 12.4. The summed E-state index contributed by atoms with van der Waals surface area (Å²) in [5.41, 5.74) is 0.830. The molecule has 0 aliphatic carbocycles. The van der Waals surface area contributed by atoms with E-state index in [1.165, 1.54) is 11.3 Å². The Kier molecular flexibility index (Phi) is 3.68. The first-order chi connectivity index (χ1) is 11.4. The van der Waals surface area contributed by atoms with Crippen molar-refractivity contribution < 1.29 is 14.2 Å². The van der Waals surface area contributed by atoms with Gasteiger partial charge in [0.2, 0.25) is 0 Å². The van der Waals surface area contributed by atoms with Gasteiger partial charge in [0, 0.05) is 18.7 Å². The maximum Gasteiger partial charge on any atom is 0.183 e. The molecule has 0 bridgehead atoms. The highest BCUT2D eigenvalue weighted by molar-refractivity contribution is 7.14. The fraction of sp³-hybridized carbons (Fsp3) is 0.267. The summed E-state index contributed by atoms with van der Waals surface area (Å²) in [6.45, 7) is 1.43. The van der Waals surface area contributed by atoms with Crippen LogP contribution in [-0.4, -0.2) is 40.1 Å². The summed E-state index contributed by atoms with van der Waals surface area (Å²) in [6, 6.07) is 3.79. The van der Waals surface area contributed by atoms with E-state index in [2.05, 4.69) is 15.1 Å². The fourth-order valence-electron chi connectivity index (χ4n) is 2.37. The predicted molar refractivity (Wildman–Crippen MR) is 84.2 cm³/mol. The summed E-state index contributed by atoms with van der Waals surface area (Å²) in [7, 11) is 1.62. The lowest BCUT2D eigenvalue weighted by Gasteiger charge is -2.15. The Bertz CT molecular complexity index is 815. The molecule has 1 aliphatic rings. The van der Waals surface area contributed by atoms with Crippen LogP contribution in [-0.2, 0) is 11.3 Å². The monoisotopic (exact) mass is 330 g/mol. The summed E-state index contributed by atoms with van der Waals surface area (Å²) in [5.74, 6) is 2.78. The van der Waals surface area contributed by atoms with E-state index in [9.17, 15) is 0 Å². The largest absolute Gasteiger partial charge is 0.485 e. The van der Waals surface area contributed by atoms with Crippen molar-refractivity contribution in [2.75, 3.05) is 20.3 Å². The van der Waals surface area contributed by atoms with Gasteiger partial charge in [0.05, 0.1) is 11.9 Å². The van der Waals surface area contributed by atoms with E-state index in [-0.39, 0.29) is 0 Å². The highest BCUT2D eigenvalue weighted by atomic mass is 32.1. The summed E-state index contributed by atoms with van der Waals surface area (Å²) >= 11 is 1.52. The Morgan fingerprint density at radius 2 is 2.26 bits per heavy atom. The number of hydrogen-bond acceptors (Lipinski definition) is 7. The molecular formula is C15H14N4O3S. The molecule has 0 saturated heterocycles. The average Bonchev–Trinajstić information content (AvgIpc) is 3.20. The summed E-state index contributed by atoms with van der Waals surface area (Å²) in [6.07, 6.45) is 3.46. The van der Waals surface area contributed by atoms with Crippen LogP contribution in [0.4, 0.5) is 0 Å². The Hall–Kier alpha value is -2.45. The van der Waals surface area contributed by atoms with Gasteiger partial charge in [-0.05, 0) is 12.1 Å². The van der Waals surface area contributed by atoms with Crippen LogP contribution in [0.1, 0.15) is 5.82 Å². The normalized spacial score (nSPS) is 13.3. The zero-order valence-corrected chi connectivity index (χ0v) is 13.2. The number of hydrogen-bond donors (Lipinski definition) is 0. The lowest BCUT2D eigenvalue weighted by molar-refractivity contribution is 0.174. The molecule has 23 heavy (non-hydrogen) atoms. The standard InChI is InChI=1S/C15H14N4O3S/c1-20-8-12-17-15(19(18-12)10-3-2-4-16-7-10)14-13-11(9-23-14)21-5-6-22-13/h2-4,7,9H,5-6,8H2,1H3. The molecule has 118 valence electrons. The number of thiophene rings is 1. The molecule has 3 aromatic rings. The van der Waals surface area contributed by atoms with E-state index in [0.29, 0.717) is 31.5 Å². The van der Waals surface area contributed by atoms with Gasteiger partial charge < -0.3 is 14.2 Å². The Labute approximate surface area is 136 Å². The third-order valence-corrected chi connectivity index (χ3v) is 4.25. The van der Waals surface area contributed by atoms with Crippen LogP contribution in [0.5, 0.6) is 11.5 Å². The van der Waals surface area contributed by atoms with E-state index in [0.717, 1.165) is 22.1 Å². The molecule has 7 nitrogen and oxygen atoms in total. The molecule has 0 saturated carbocycles. The second-order valence-electron chi connectivity index (χ2n) is 4.86. The summed E-state index contributed by atoms with van der Waals surface area (Å²) < 4.78 is 18.3. The van der Waals surface area contributed by atoms with Gasteiger partial charge in [-0.15, -0.1) is 16.4 Å². The van der Waals surface area contributed by atoms with Crippen molar-refractivity contribution in [3.8, 4) is 27.9 Å². The maximum atomic E-state index is 5.77. The molecule has 0 atom stereocenters. The molecule has 4 heterocycles. The average molecular weight is 330 g/mol. The fourth-order valence-corrected chi connectivity index (χ4v) is 3.27. The maximum absolute atomic E-state index is 5.77. The van der Waals surface area contributed by atoms with Crippen molar-refractivity contribution in [3.63, 3.8) is 0 Å². The van der Waals surface area contributed by atoms with Crippen LogP contribution in [0.25, 0.3) is 16.4 Å². The number of methoxy groups -OCH3 is 1. The minimum Gasteiger partial charge on any atom is -0.485 e. The van der Waals surface area contributed by atoms with Gasteiger partial charge in [-0.1, -0.05) is 0 Å². The van der Waals surface area contributed by atoms with Crippen molar-refractivity contribution in [2.45, 2.75) is 6.61 Å². The van der Waals surface area contributed by atoms with Gasteiger partial charge >= 0.3 is 0 Å². The van der Waals surface area contributed by atoms with Crippen molar-refractivity contribution in [1.29, 1.82) is 0 Å². The van der Waals surface area contributed by atoms with Gasteiger partial charge in [-0.3, -0.25) is 4.98 Å². The smallest absolute Gasteiger partial charge is 0.183 e. The van der Waals surface area contributed by atoms with Crippen LogP contribution in [0.3, 0.4) is 0 Å². The van der Waals surface area contributed by atoms with Gasteiger partial charge in [-0.2, -0.15) is 0 Å². The molecule has 0 unspecified atom stereocenters. The number of aromatic nitrogens is 4. The highest BCUT2D eigenvalue weighted by Crippen LogP contribution is 2.45. The molecule has 0 amide bonds. The Balaban J connectivity index is 1.85. The van der Waals surface area contributed by atoms with E-state index >= 15 is 0 Å². The molecule has 1 aliphatic heterocycles. The van der Waals surface area contributed by atoms with E-state index in [4.69, 9.17) is 14.2 Å². The first-order valence-electron chi connectivity index (χ1n) is 7.09. The molecule has 3 aromatic heterocycles. The third kappa shape index (κ3) is 2.55. The SMILES string of the molecule is COCc1nc(-c2scc3c2OCCO3)n(-c2cccnc2)n1. The lowest BCUT2D eigenvalue weighted by atomic mass is 10.3. The van der Waals surface area contributed by atoms with Crippen molar-refractivity contribution in [1.82, 2.24) is 19.7 Å².